The molecule has 1 aliphatic rings. The van der Waals surface area contributed by atoms with Crippen LogP contribution in [0.1, 0.15) is 36.1 Å². The van der Waals surface area contributed by atoms with Gasteiger partial charge in [-0.3, -0.25) is 0 Å². The van der Waals surface area contributed by atoms with Crippen molar-refractivity contribution in [3.63, 3.8) is 0 Å². The van der Waals surface area contributed by atoms with E-state index in [0.29, 0.717) is 0 Å². The van der Waals surface area contributed by atoms with E-state index in [1.165, 1.54) is 33.0 Å². The third-order valence-electron chi connectivity index (χ3n) is 11.3. The average Bonchev–Trinajstić information content (AvgIpc) is 3.68. The van der Waals surface area contributed by atoms with Crippen molar-refractivity contribution in [2.75, 3.05) is 12.0 Å². The number of hydrogen-bond acceptors (Lipinski definition) is 2. The molecule has 1 heterocycles. The van der Waals surface area contributed by atoms with Crippen LogP contribution in [0.4, 0.5) is 17.1 Å². The van der Waals surface area contributed by atoms with Gasteiger partial charge in [-0.1, -0.05) is 141 Å². The van der Waals surface area contributed by atoms with Crippen LogP contribution in [0.2, 0.25) is 0 Å². The van der Waals surface area contributed by atoms with Crippen molar-refractivity contribution in [3.05, 3.63) is 198 Å². The van der Waals surface area contributed by atoms with E-state index >= 15 is 0 Å². The lowest BCUT2D eigenvalue weighted by atomic mass is 9.82. The van der Waals surface area contributed by atoms with Crippen molar-refractivity contribution in [2.45, 2.75) is 19.3 Å². The molecule has 3 heteroatoms. The lowest BCUT2D eigenvalue weighted by Crippen LogP contribution is -2.15. The first-order valence-electron chi connectivity index (χ1n) is 18.8. The highest BCUT2D eigenvalue weighted by Gasteiger charge is 2.35. The SMILES string of the molecule is COc1cc(N(c2ccc3c(c2)-c2ccccc2C3(C)C)c2cccc3ccccc23)cc2c1c1ccccc1n2-c1ccccc1C#Cc1ccccc1. The second-order valence-electron chi connectivity index (χ2n) is 14.8. The maximum absolute atomic E-state index is 6.35. The number of benzene rings is 8. The largest absolute Gasteiger partial charge is 0.496 e. The predicted octanol–water partition coefficient (Wildman–Crippen LogP) is 13.1. The Labute approximate surface area is 321 Å². The molecule has 1 aromatic heterocycles. The lowest BCUT2D eigenvalue weighted by Gasteiger charge is -2.29. The Kier molecular flexibility index (Phi) is 7.61. The third kappa shape index (κ3) is 5.22. The van der Waals surface area contributed by atoms with Crippen LogP contribution < -0.4 is 9.64 Å². The number of rotatable bonds is 5. The molecule has 0 saturated heterocycles. The molecule has 3 nitrogen and oxygen atoms in total. The van der Waals surface area contributed by atoms with E-state index in [0.717, 1.165) is 61.4 Å². The van der Waals surface area contributed by atoms with Gasteiger partial charge in [-0.05, 0) is 82.2 Å². The monoisotopic (exact) mass is 706 g/mol. The summed E-state index contributed by atoms with van der Waals surface area (Å²) in [4.78, 5) is 2.40. The molecule has 8 aromatic carbocycles. The molecule has 1 aliphatic carbocycles. The van der Waals surface area contributed by atoms with E-state index in [-0.39, 0.29) is 5.41 Å². The highest BCUT2D eigenvalue weighted by Crippen LogP contribution is 2.52. The Morgan fingerprint density at radius 1 is 0.545 bits per heavy atom. The van der Waals surface area contributed by atoms with Crippen LogP contribution in [-0.2, 0) is 5.41 Å². The van der Waals surface area contributed by atoms with Gasteiger partial charge in [0.1, 0.15) is 5.75 Å². The van der Waals surface area contributed by atoms with Crippen LogP contribution in [0.3, 0.4) is 0 Å². The number of hydrogen-bond donors (Lipinski definition) is 0. The van der Waals surface area contributed by atoms with Crippen molar-refractivity contribution in [1.82, 2.24) is 4.57 Å². The van der Waals surface area contributed by atoms with Gasteiger partial charge in [0.15, 0.2) is 0 Å². The van der Waals surface area contributed by atoms with Gasteiger partial charge in [0, 0.05) is 39.1 Å². The Hall–Kier alpha value is -7.02. The Morgan fingerprint density at radius 2 is 1.25 bits per heavy atom. The van der Waals surface area contributed by atoms with Crippen molar-refractivity contribution in [2.24, 2.45) is 0 Å². The zero-order chi connectivity index (χ0) is 37.1. The second kappa shape index (κ2) is 12.8. The standard InChI is InChI=1S/C52H38N2O/c1-52(2)44-24-12-10-22-41(44)43-32-38(30-31-45(43)52)53(47-27-15-20-36-18-7-9-21-40(36)47)39-33-49-51(50(34-39)55-3)42-23-11-14-26-48(42)54(49)46-25-13-8-19-37(46)29-28-35-16-5-4-6-17-35/h4-27,30-34H,1-3H3. The summed E-state index contributed by atoms with van der Waals surface area (Å²) in [5.41, 5.74) is 13.5. The molecule has 0 aliphatic heterocycles. The molecule has 55 heavy (non-hydrogen) atoms. The normalized spacial score (nSPS) is 12.6. The number of methoxy groups -OCH3 is 1. The number of nitrogens with zero attached hydrogens (tertiary/aromatic N) is 2. The van der Waals surface area contributed by atoms with Gasteiger partial charge in [0.25, 0.3) is 0 Å². The molecular formula is C52H38N2O. The summed E-state index contributed by atoms with van der Waals surface area (Å²) in [6.07, 6.45) is 0. The summed E-state index contributed by atoms with van der Waals surface area (Å²) < 4.78 is 8.71. The molecule has 262 valence electrons. The quantitative estimate of drug-likeness (QED) is 0.166. The topological polar surface area (TPSA) is 17.4 Å². The van der Waals surface area contributed by atoms with Crippen molar-refractivity contribution in [3.8, 4) is 34.4 Å². The highest BCUT2D eigenvalue weighted by atomic mass is 16.5. The minimum Gasteiger partial charge on any atom is -0.496 e. The smallest absolute Gasteiger partial charge is 0.130 e. The van der Waals surface area contributed by atoms with Gasteiger partial charge in [-0.25, -0.2) is 0 Å². The first kappa shape index (κ1) is 32.6. The summed E-state index contributed by atoms with van der Waals surface area (Å²) in [7, 11) is 1.78. The number of anilines is 3. The number of para-hydroxylation sites is 2. The predicted molar refractivity (Wildman–Crippen MR) is 230 cm³/mol. The molecule has 0 bridgehead atoms. The summed E-state index contributed by atoms with van der Waals surface area (Å²) in [6.45, 7) is 4.67. The molecule has 9 aromatic rings. The van der Waals surface area contributed by atoms with Crippen molar-refractivity contribution >= 4 is 49.6 Å². The molecule has 0 atom stereocenters. The van der Waals surface area contributed by atoms with E-state index in [9.17, 15) is 0 Å². The first-order valence-corrected chi connectivity index (χ1v) is 18.8. The van der Waals surface area contributed by atoms with Gasteiger partial charge in [-0.15, -0.1) is 0 Å². The highest BCUT2D eigenvalue weighted by molar-refractivity contribution is 6.14. The van der Waals surface area contributed by atoms with Crippen LogP contribution in [-0.4, -0.2) is 11.7 Å². The molecule has 0 saturated carbocycles. The molecule has 10 rings (SSSR count). The van der Waals surface area contributed by atoms with Crippen LogP contribution in [0, 0.1) is 11.8 Å². The van der Waals surface area contributed by atoms with Crippen molar-refractivity contribution < 1.29 is 4.74 Å². The molecule has 0 radical (unpaired) electrons. The number of fused-ring (bicyclic) bond motifs is 7. The second-order valence-corrected chi connectivity index (χ2v) is 14.8. The first-order chi connectivity index (χ1) is 27.0. The zero-order valence-electron chi connectivity index (χ0n) is 31.0. The average molecular weight is 707 g/mol. The minimum atomic E-state index is -0.0887. The lowest BCUT2D eigenvalue weighted by molar-refractivity contribution is 0.420. The maximum atomic E-state index is 6.35. The maximum Gasteiger partial charge on any atom is 0.130 e. The Bertz CT molecular complexity index is 3010. The molecule has 0 unspecified atom stereocenters. The van der Waals surface area contributed by atoms with E-state index in [1.54, 1.807) is 7.11 Å². The summed E-state index contributed by atoms with van der Waals surface area (Å²) in [5.74, 6) is 7.73. The van der Waals surface area contributed by atoms with Gasteiger partial charge in [0.05, 0.1) is 40.6 Å². The fourth-order valence-corrected chi connectivity index (χ4v) is 8.71. The number of ether oxygens (including phenoxy) is 1. The van der Waals surface area contributed by atoms with Gasteiger partial charge >= 0.3 is 0 Å². The van der Waals surface area contributed by atoms with Gasteiger partial charge < -0.3 is 14.2 Å². The van der Waals surface area contributed by atoms with Crippen LogP contribution in [0.25, 0.3) is 49.4 Å². The van der Waals surface area contributed by atoms with Crippen LogP contribution in [0.15, 0.2) is 176 Å². The molecule has 0 amide bonds. The minimum absolute atomic E-state index is 0.0887. The van der Waals surface area contributed by atoms with E-state index in [1.807, 2.05) is 30.3 Å². The fraction of sp³-hybridized carbons (Fsp3) is 0.0769. The summed E-state index contributed by atoms with van der Waals surface area (Å²) >= 11 is 0. The van der Waals surface area contributed by atoms with E-state index < -0.39 is 0 Å². The molecular weight excluding hydrogens is 669 g/mol. The van der Waals surface area contributed by atoms with E-state index in [2.05, 4.69) is 181 Å². The Balaban J connectivity index is 1.26. The summed E-state index contributed by atoms with van der Waals surface area (Å²) in [6, 6.07) is 62.8. The Morgan fingerprint density at radius 3 is 2.13 bits per heavy atom. The van der Waals surface area contributed by atoms with Crippen LogP contribution in [0.5, 0.6) is 5.75 Å². The molecule has 0 fully saturated rings. The molecule has 0 N–H and O–H groups in total. The number of aromatic nitrogens is 1. The molecule has 0 spiro atoms. The fourth-order valence-electron chi connectivity index (χ4n) is 8.71. The van der Waals surface area contributed by atoms with E-state index in [4.69, 9.17) is 4.74 Å². The zero-order valence-corrected chi connectivity index (χ0v) is 31.0. The van der Waals surface area contributed by atoms with Gasteiger partial charge in [0.2, 0.25) is 0 Å². The van der Waals surface area contributed by atoms with Crippen LogP contribution >= 0.6 is 0 Å². The summed E-state index contributed by atoms with van der Waals surface area (Å²) in [5, 5.41) is 4.55. The third-order valence-corrected chi connectivity index (χ3v) is 11.3. The van der Waals surface area contributed by atoms with Crippen molar-refractivity contribution in [1.29, 1.82) is 0 Å². The van der Waals surface area contributed by atoms with Gasteiger partial charge in [-0.2, -0.15) is 0 Å².